The van der Waals surface area contributed by atoms with Crippen molar-refractivity contribution in [2.75, 3.05) is 43.0 Å². The molecule has 166 valence electrons. The molecule has 0 radical (unpaired) electrons. The molecule has 1 fully saturated rings. The number of carbonyl (C=O) groups excluding carboxylic acids is 1. The lowest BCUT2D eigenvalue weighted by Crippen LogP contribution is -2.50. The molecule has 1 saturated heterocycles. The van der Waals surface area contributed by atoms with Crippen LogP contribution in [0.1, 0.15) is 18.1 Å². The summed E-state index contributed by atoms with van der Waals surface area (Å²) in [6, 6.07) is 17.7. The molecule has 0 atom stereocenters. The Morgan fingerprint density at radius 1 is 1.00 bits per heavy atom. The van der Waals surface area contributed by atoms with Crippen LogP contribution in [-0.4, -0.2) is 53.9 Å². The van der Waals surface area contributed by atoms with Crippen LogP contribution in [0.25, 0.3) is 11.3 Å². The van der Waals surface area contributed by atoms with Crippen molar-refractivity contribution < 1.29 is 9.53 Å². The van der Waals surface area contributed by atoms with E-state index in [0.717, 1.165) is 17.1 Å². The number of para-hydroxylation sites is 2. The number of piperazine rings is 1. The van der Waals surface area contributed by atoms with E-state index in [1.165, 1.54) is 11.1 Å². The summed E-state index contributed by atoms with van der Waals surface area (Å²) in [5, 5.41) is 11.9. The number of anilines is 2. The van der Waals surface area contributed by atoms with Gasteiger partial charge in [0.15, 0.2) is 5.82 Å². The minimum atomic E-state index is -0.118. The Labute approximate surface area is 189 Å². The molecule has 1 N–H and O–H groups in total. The van der Waals surface area contributed by atoms with E-state index in [9.17, 15) is 4.79 Å². The number of carbonyl (C=O) groups is 1. The van der Waals surface area contributed by atoms with Crippen molar-refractivity contribution in [3.05, 3.63) is 65.7 Å². The quantitative estimate of drug-likeness (QED) is 0.643. The largest absolute Gasteiger partial charge is 0.492 e. The topological polar surface area (TPSA) is 70.6 Å². The van der Waals surface area contributed by atoms with Crippen molar-refractivity contribution >= 4 is 17.5 Å². The van der Waals surface area contributed by atoms with Gasteiger partial charge in [0.1, 0.15) is 5.75 Å². The van der Waals surface area contributed by atoms with E-state index in [0.29, 0.717) is 44.2 Å². The summed E-state index contributed by atoms with van der Waals surface area (Å²) in [4.78, 5) is 16.7. The van der Waals surface area contributed by atoms with Crippen molar-refractivity contribution in [1.82, 2.24) is 15.1 Å². The van der Waals surface area contributed by atoms with Crippen LogP contribution in [0.5, 0.6) is 5.75 Å². The van der Waals surface area contributed by atoms with Crippen LogP contribution < -0.4 is 15.0 Å². The third-order valence-electron chi connectivity index (χ3n) is 5.63. The fraction of sp³-hybridized carbons (Fsp3) is 0.320. The second kappa shape index (κ2) is 9.68. The van der Waals surface area contributed by atoms with Gasteiger partial charge in [-0.05, 0) is 50.6 Å². The number of ether oxygens (including phenoxy) is 1. The van der Waals surface area contributed by atoms with Gasteiger partial charge in [-0.3, -0.25) is 0 Å². The minimum Gasteiger partial charge on any atom is -0.492 e. The van der Waals surface area contributed by atoms with Gasteiger partial charge in [-0.15, -0.1) is 10.2 Å². The molecule has 3 aromatic rings. The number of nitrogens with zero attached hydrogens (tertiary/aromatic N) is 4. The smallest absolute Gasteiger partial charge is 0.322 e. The fourth-order valence-electron chi connectivity index (χ4n) is 3.92. The van der Waals surface area contributed by atoms with Gasteiger partial charge in [-0.1, -0.05) is 35.9 Å². The number of urea groups is 1. The molecule has 2 amide bonds. The normalized spacial score (nSPS) is 13.7. The van der Waals surface area contributed by atoms with Crippen LogP contribution >= 0.6 is 0 Å². The standard InChI is InChI=1S/C25H29N5O2/c1-4-32-23-8-6-5-7-22(23)26-25(31)30-15-13-29(14-16-30)24-12-11-21(27-28-24)20-10-9-18(2)17-19(20)3/h5-12,17H,4,13-16H2,1-3H3,(H,26,31). The zero-order valence-corrected chi connectivity index (χ0v) is 18.8. The van der Waals surface area contributed by atoms with E-state index < -0.39 is 0 Å². The zero-order valence-electron chi connectivity index (χ0n) is 18.8. The molecule has 1 aromatic heterocycles. The molecule has 7 nitrogen and oxygen atoms in total. The van der Waals surface area contributed by atoms with Gasteiger partial charge in [0, 0.05) is 31.7 Å². The fourth-order valence-corrected chi connectivity index (χ4v) is 3.92. The number of benzene rings is 2. The van der Waals surface area contributed by atoms with Crippen LogP contribution in [0.2, 0.25) is 0 Å². The summed E-state index contributed by atoms with van der Waals surface area (Å²) in [6.45, 7) is 9.30. The van der Waals surface area contributed by atoms with Gasteiger partial charge in [-0.2, -0.15) is 0 Å². The monoisotopic (exact) mass is 431 g/mol. The maximum absolute atomic E-state index is 12.7. The SMILES string of the molecule is CCOc1ccccc1NC(=O)N1CCN(c2ccc(-c3ccc(C)cc3C)nn2)CC1. The first-order chi connectivity index (χ1) is 15.5. The Morgan fingerprint density at radius 2 is 1.78 bits per heavy atom. The number of amides is 2. The molecule has 0 unspecified atom stereocenters. The van der Waals surface area contributed by atoms with E-state index >= 15 is 0 Å². The van der Waals surface area contributed by atoms with Gasteiger partial charge in [0.25, 0.3) is 0 Å². The average Bonchev–Trinajstić information content (AvgIpc) is 2.81. The van der Waals surface area contributed by atoms with Crippen LogP contribution in [0, 0.1) is 13.8 Å². The summed E-state index contributed by atoms with van der Waals surface area (Å²) in [5.41, 5.74) is 5.09. The highest BCUT2D eigenvalue weighted by atomic mass is 16.5. The van der Waals surface area contributed by atoms with E-state index in [4.69, 9.17) is 4.74 Å². The lowest BCUT2D eigenvalue weighted by atomic mass is 10.0. The lowest BCUT2D eigenvalue weighted by molar-refractivity contribution is 0.208. The molecule has 0 bridgehead atoms. The van der Waals surface area contributed by atoms with Crippen molar-refractivity contribution in [2.24, 2.45) is 0 Å². The number of hydrogen-bond donors (Lipinski definition) is 1. The Bertz CT molecular complexity index is 1080. The zero-order chi connectivity index (χ0) is 22.5. The van der Waals surface area contributed by atoms with Crippen molar-refractivity contribution in [3.63, 3.8) is 0 Å². The molecule has 0 spiro atoms. The number of rotatable bonds is 5. The highest BCUT2D eigenvalue weighted by Gasteiger charge is 2.23. The first kappa shape index (κ1) is 21.6. The third kappa shape index (κ3) is 4.82. The van der Waals surface area contributed by atoms with Gasteiger partial charge >= 0.3 is 6.03 Å². The summed E-state index contributed by atoms with van der Waals surface area (Å²) >= 11 is 0. The molecular formula is C25H29N5O2. The number of aromatic nitrogens is 2. The van der Waals surface area contributed by atoms with Gasteiger partial charge < -0.3 is 19.9 Å². The van der Waals surface area contributed by atoms with Gasteiger partial charge in [-0.25, -0.2) is 4.79 Å². The predicted octanol–water partition coefficient (Wildman–Crippen LogP) is 4.51. The summed E-state index contributed by atoms with van der Waals surface area (Å²) in [6.07, 6.45) is 0. The molecule has 1 aliphatic rings. The second-order valence-corrected chi connectivity index (χ2v) is 7.93. The second-order valence-electron chi connectivity index (χ2n) is 7.93. The lowest BCUT2D eigenvalue weighted by Gasteiger charge is -2.35. The summed E-state index contributed by atoms with van der Waals surface area (Å²) in [5.74, 6) is 1.52. The van der Waals surface area contributed by atoms with Gasteiger partial charge in [0.05, 0.1) is 18.0 Å². The highest BCUT2D eigenvalue weighted by Crippen LogP contribution is 2.25. The molecule has 2 heterocycles. The maximum Gasteiger partial charge on any atom is 0.322 e. The molecule has 1 aliphatic heterocycles. The Morgan fingerprint density at radius 3 is 2.47 bits per heavy atom. The predicted molar refractivity (Wildman–Crippen MR) is 127 cm³/mol. The van der Waals surface area contributed by atoms with Gasteiger partial charge in [0.2, 0.25) is 0 Å². The number of nitrogens with one attached hydrogen (secondary N) is 1. The molecule has 0 saturated carbocycles. The Kier molecular flexibility index (Phi) is 6.54. The maximum atomic E-state index is 12.7. The van der Waals surface area contributed by atoms with Crippen LogP contribution in [0.4, 0.5) is 16.3 Å². The van der Waals surface area contributed by atoms with E-state index in [2.05, 4.69) is 52.5 Å². The number of aryl methyl sites for hydroxylation is 2. The first-order valence-corrected chi connectivity index (χ1v) is 11.0. The molecule has 32 heavy (non-hydrogen) atoms. The molecular weight excluding hydrogens is 402 g/mol. The molecule has 7 heteroatoms. The van der Waals surface area contributed by atoms with Crippen LogP contribution in [-0.2, 0) is 0 Å². The van der Waals surface area contributed by atoms with E-state index in [-0.39, 0.29) is 6.03 Å². The minimum absolute atomic E-state index is 0.118. The molecule has 4 rings (SSSR count). The van der Waals surface area contributed by atoms with Crippen molar-refractivity contribution in [1.29, 1.82) is 0 Å². The van der Waals surface area contributed by atoms with Crippen molar-refractivity contribution in [3.8, 4) is 17.0 Å². The summed E-state index contributed by atoms with van der Waals surface area (Å²) in [7, 11) is 0. The van der Waals surface area contributed by atoms with Crippen LogP contribution in [0.15, 0.2) is 54.6 Å². The third-order valence-corrected chi connectivity index (χ3v) is 5.63. The summed E-state index contributed by atoms with van der Waals surface area (Å²) < 4.78 is 5.60. The average molecular weight is 432 g/mol. The highest BCUT2D eigenvalue weighted by molar-refractivity contribution is 5.91. The number of hydrogen-bond acceptors (Lipinski definition) is 5. The van der Waals surface area contributed by atoms with Crippen molar-refractivity contribution in [2.45, 2.75) is 20.8 Å². The molecule has 2 aromatic carbocycles. The van der Waals surface area contributed by atoms with Crippen LogP contribution in [0.3, 0.4) is 0 Å². The van der Waals surface area contributed by atoms with E-state index in [1.54, 1.807) is 0 Å². The Hall–Kier alpha value is -3.61. The first-order valence-electron chi connectivity index (χ1n) is 11.0. The molecule has 0 aliphatic carbocycles. The Balaban J connectivity index is 1.36. The van der Waals surface area contributed by atoms with E-state index in [1.807, 2.05) is 48.2 Å².